The van der Waals surface area contributed by atoms with Crippen molar-refractivity contribution in [2.45, 2.75) is 26.3 Å². The minimum absolute atomic E-state index is 0.112. The highest BCUT2D eigenvalue weighted by Gasteiger charge is 2.29. The molecule has 0 aliphatic rings. The number of carbonyl (C=O) groups is 1. The minimum atomic E-state index is -0.619. The number of aromatic amines is 1. The Balaban J connectivity index is 2.86. The van der Waals surface area contributed by atoms with Gasteiger partial charge in [-0.1, -0.05) is 0 Å². The van der Waals surface area contributed by atoms with Crippen molar-refractivity contribution in [3.05, 3.63) is 11.6 Å². The average Bonchev–Trinajstić information content (AvgIpc) is 2.62. The molecule has 0 saturated heterocycles. The van der Waals surface area contributed by atoms with Crippen LogP contribution in [0.1, 0.15) is 30.3 Å². The normalized spacial score (nSPS) is 11.5. The highest BCUT2D eigenvalue weighted by atomic mass is 16.3. The summed E-state index contributed by atoms with van der Waals surface area (Å²) < 4.78 is 0. The third-order valence-electron chi connectivity index (χ3n) is 2.39. The quantitative estimate of drug-likeness (QED) is 0.736. The van der Waals surface area contributed by atoms with Crippen LogP contribution >= 0.6 is 0 Å². The molecular weight excluding hydrogens is 196 g/mol. The lowest BCUT2D eigenvalue weighted by Gasteiger charge is -2.32. The fourth-order valence-corrected chi connectivity index (χ4v) is 0.969. The second-order valence-electron chi connectivity index (χ2n) is 4.08. The Kier molecular flexibility index (Phi) is 3.09. The molecular formula is C9H16N4O2. The number of likely N-dealkylation sites (N-methyl/N-ethyl adjacent to an activating group) is 1. The fourth-order valence-electron chi connectivity index (χ4n) is 0.969. The van der Waals surface area contributed by atoms with Gasteiger partial charge in [-0.05, 0) is 20.8 Å². The van der Waals surface area contributed by atoms with Gasteiger partial charge in [0.05, 0.1) is 12.1 Å². The Morgan fingerprint density at radius 3 is 2.60 bits per heavy atom. The van der Waals surface area contributed by atoms with E-state index in [1.807, 2.05) is 0 Å². The number of carbonyl (C=O) groups excluding carboxylic acids is 1. The van der Waals surface area contributed by atoms with Crippen LogP contribution in [0.2, 0.25) is 0 Å². The summed E-state index contributed by atoms with van der Waals surface area (Å²) in [6.45, 7) is 5.15. The van der Waals surface area contributed by atoms with Gasteiger partial charge in [0.2, 0.25) is 5.82 Å². The summed E-state index contributed by atoms with van der Waals surface area (Å²) in [5, 5.41) is 15.5. The SMILES string of the molecule is Cc1nc(C(=O)N(C)C(C)(C)CO)n[nH]1. The van der Waals surface area contributed by atoms with Crippen molar-refractivity contribution in [3.8, 4) is 0 Å². The molecule has 1 amide bonds. The average molecular weight is 212 g/mol. The Morgan fingerprint density at radius 1 is 1.60 bits per heavy atom. The molecule has 0 bridgehead atoms. The van der Waals surface area contributed by atoms with Gasteiger partial charge in [-0.3, -0.25) is 9.89 Å². The molecule has 1 rings (SSSR count). The number of H-pyrrole nitrogens is 1. The molecule has 1 heterocycles. The predicted octanol–water partition coefficient (Wildman–Crippen LogP) is -0.0440. The van der Waals surface area contributed by atoms with E-state index in [2.05, 4.69) is 15.2 Å². The predicted molar refractivity (Wildman–Crippen MR) is 54.4 cm³/mol. The van der Waals surface area contributed by atoms with Crippen molar-refractivity contribution >= 4 is 5.91 Å². The van der Waals surface area contributed by atoms with Crippen LogP contribution in [0.3, 0.4) is 0 Å². The van der Waals surface area contributed by atoms with Gasteiger partial charge in [-0.15, -0.1) is 5.10 Å². The van der Waals surface area contributed by atoms with E-state index >= 15 is 0 Å². The summed E-state index contributed by atoms with van der Waals surface area (Å²) in [5.41, 5.74) is -0.619. The van der Waals surface area contributed by atoms with Crippen LogP contribution in [-0.2, 0) is 0 Å². The number of aryl methyl sites for hydroxylation is 1. The second-order valence-corrected chi connectivity index (χ2v) is 4.08. The van der Waals surface area contributed by atoms with Crippen molar-refractivity contribution in [2.75, 3.05) is 13.7 Å². The summed E-state index contributed by atoms with van der Waals surface area (Å²) in [6, 6.07) is 0. The lowest BCUT2D eigenvalue weighted by Crippen LogP contribution is -2.48. The zero-order valence-electron chi connectivity index (χ0n) is 9.40. The van der Waals surface area contributed by atoms with Crippen LogP contribution in [-0.4, -0.2) is 50.3 Å². The highest BCUT2D eigenvalue weighted by Crippen LogP contribution is 2.13. The molecule has 0 atom stereocenters. The van der Waals surface area contributed by atoms with Gasteiger partial charge in [0.15, 0.2) is 0 Å². The van der Waals surface area contributed by atoms with E-state index in [-0.39, 0.29) is 18.3 Å². The Labute approximate surface area is 88.3 Å². The summed E-state index contributed by atoms with van der Waals surface area (Å²) in [4.78, 5) is 17.2. The van der Waals surface area contributed by atoms with E-state index in [0.717, 1.165) is 0 Å². The molecule has 0 aliphatic heterocycles. The lowest BCUT2D eigenvalue weighted by molar-refractivity contribution is 0.0462. The first-order valence-corrected chi connectivity index (χ1v) is 4.66. The van der Waals surface area contributed by atoms with Crippen LogP contribution in [0, 0.1) is 6.92 Å². The van der Waals surface area contributed by atoms with Crippen LogP contribution in [0.4, 0.5) is 0 Å². The fraction of sp³-hybridized carbons (Fsp3) is 0.667. The molecule has 0 aliphatic carbocycles. The molecule has 0 fully saturated rings. The number of aliphatic hydroxyl groups is 1. The van der Waals surface area contributed by atoms with Gasteiger partial charge in [0.25, 0.3) is 5.91 Å². The maximum Gasteiger partial charge on any atom is 0.293 e. The van der Waals surface area contributed by atoms with E-state index < -0.39 is 5.54 Å². The molecule has 6 heteroatoms. The molecule has 84 valence electrons. The smallest absolute Gasteiger partial charge is 0.293 e. The first-order chi connectivity index (χ1) is 6.88. The number of amides is 1. The number of hydrogen-bond donors (Lipinski definition) is 2. The number of nitrogens with one attached hydrogen (secondary N) is 1. The summed E-state index contributed by atoms with van der Waals surface area (Å²) in [5.74, 6) is 0.406. The van der Waals surface area contributed by atoms with Crippen molar-refractivity contribution < 1.29 is 9.90 Å². The topological polar surface area (TPSA) is 82.1 Å². The zero-order valence-corrected chi connectivity index (χ0v) is 9.40. The standard InChI is InChI=1S/C9H16N4O2/c1-6-10-7(12-11-6)8(15)13(4)9(2,3)5-14/h14H,5H2,1-4H3,(H,10,11,12). The van der Waals surface area contributed by atoms with E-state index in [1.165, 1.54) is 4.90 Å². The molecule has 0 radical (unpaired) electrons. The van der Waals surface area contributed by atoms with E-state index in [1.54, 1.807) is 27.8 Å². The van der Waals surface area contributed by atoms with Gasteiger partial charge < -0.3 is 10.0 Å². The van der Waals surface area contributed by atoms with Crippen molar-refractivity contribution in [2.24, 2.45) is 0 Å². The third kappa shape index (κ3) is 2.33. The molecule has 0 aromatic carbocycles. The first-order valence-electron chi connectivity index (χ1n) is 4.66. The molecule has 1 aromatic heterocycles. The summed E-state index contributed by atoms with van der Waals surface area (Å²) in [7, 11) is 1.62. The largest absolute Gasteiger partial charge is 0.394 e. The summed E-state index contributed by atoms with van der Waals surface area (Å²) >= 11 is 0. The number of rotatable bonds is 3. The maximum atomic E-state index is 11.8. The molecule has 0 saturated carbocycles. The third-order valence-corrected chi connectivity index (χ3v) is 2.39. The number of aromatic nitrogens is 3. The maximum absolute atomic E-state index is 11.8. The number of aliphatic hydroxyl groups excluding tert-OH is 1. The first kappa shape index (κ1) is 11.6. The number of hydrogen-bond acceptors (Lipinski definition) is 4. The van der Waals surface area contributed by atoms with Crippen LogP contribution in [0.5, 0.6) is 0 Å². The second kappa shape index (κ2) is 3.98. The molecule has 0 spiro atoms. The van der Waals surface area contributed by atoms with Gasteiger partial charge >= 0.3 is 0 Å². The Morgan fingerprint density at radius 2 is 2.20 bits per heavy atom. The highest BCUT2D eigenvalue weighted by molar-refractivity contribution is 5.90. The van der Waals surface area contributed by atoms with Crippen LogP contribution in [0.25, 0.3) is 0 Å². The molecule has 6 nitrogen and oxygen atoms in total. The van der Waals surface area contributed by atoms with E-state index in [0.29, 0.717) is 5.82 Å². The van der Waals surface area contributed by atoms with Crippen molar-refractivity contribution in [3.63, 3.8) is 0 Å². The van der Waals surface area contributed by atoms with E-state index in [9.17, 15) is 4.79 Å². The monoisotopic (exact) mass is 212 g/mol. The minimum Gasteiger partial charge on any atom is -0.394 e. The zero-order chi connectivity index (χ0) is 11.6. The molecule has 15 heavy (non-hydrogen) atoms. The van der Waals surface area contributed by atoms with Gasteiger partial charge in [0, 0.05) is 7.05 Å². The van der Waals surface area contributed by atoms with Crippen molar-refractivity contribution in [1.82, 2.24) is 20.1 Å². The lowest BCUT2D eigenvalue weighted by atomic mass is 10.1. The molecule has 0 unspecified atom stereocenters. The molecule has 2 N–H and O–H groups in total. The van der Waals surface area contributed by atoms with Gasteiger partial charge in [-0.25, -0.2) is 4.98 Å². The number of nitrogens with zero attached hydrogens (tertiary/aromatic N) is 3. The van der Waals surface area contributed by atoms with E-state index in [4.69, 9.17) is 5.11 Å². The Hall–Kier alpha value is -1.43. The van der Waals surface area contributed by atoms with Crippen LogP contribution in [0.15, 0.2) is 0 Å². The van der Waals surface area contributed by atoms with Crippen LogP contribution < -0.4 is 0 Å². The van der Waals surface area contributed by atoms with Gasteiger partial charge in [-0.2, -0.15) is 0 Å². The van der Waals surface area contributed by atoms with Gasteiger partial charge in [0.1, 0.15) is 5.82 Å². The summed E-state index contributed by atoms with van der Waals surface area (Å²) in [6.07, 6.45) is 0. The molecule has 1 aromatic rings. The Bertz CT molecular complexity index is 359. The van der Waals surface area contributed by atoms with Crippen molar-refractivity contribution in [1.29, 1.82) is 0 Å².